The summed E-state index contributed by atoms with van der Waals surface area (Å²) in [6.07, 6.45) is 3.38. The third-order valence-electron chi connectivity index (χ3n) is 5.55. The normalized spacial score (nSPS) is 13.6. The molecule has 0 atom stereocenters. The number of aromatic nitrogens is 4. The third kappa shape index (κ3) is 4.49. The molecule has 4 aromatic rings. The van der Waals surface area contributed by atoms with Crippen LogP contribution in [-0.4, -0.2) is 35.4 Å². The maximum Gasteiger partial charge on any atom is 0.267 e. The number of nitrogens with zero attached hydrogens (tertiary/aromatic N) is 3. The first-order valence-electron chi connectivity index (χ1n) is 10.7. The molecule has 5 rings (SSSR count). The van der Waals surface area contributed by atoms with E-state index in [4.69, 9.17) is 11.6 Å². The molecule has 2 aromatic carbocycles. The van der Waals surface area contributed by atoms with Gasteiger partial charge in [-0.15, -0.1) is 0 Å². The molecule has 1 aliphatic carbocycles. The first-order valence-corrected chi connectivity index (χ1v) is 12.6. The van der Waals surface area contributed by atoms with Gasteiger partial charge in [0.15, 0.2) is 4.90 Å². The number of imidazole rings is 1. The Morgan fingerprint density at radius 1 is 1.08 bits per heavy atom. The highest BCUT2D eigenvalue weighted by molar-refractivity contribution is 7.92. The molecule has 2 aromatic heterocycles. The Kier molecular flexibility index (Phi) is 6.08. The first kappa shape index (κ1) is 24.1. The van der Waals surface area contributed by atoms with E-state index in [0.717, 1.165) is 43.2 Å². The standard InChI is InChI=1S/C23H18ClF3N6O2S/c1-28-23-29-8-7-16(30-23)20-19(31-22(32-20)11-5-6-11)13-9-12(25)10-17(18(13)24)33-36(34,35)21-14(26)3-2-4-15(21)27/h2-4,7-11,33H,5-6H2,1H3,(H,31,32)(H,28,29,30). The van der Waals surface area contributed by atoms with Crippen LogP contribution in [0, 0.1) is 17.5 Å². The molecule has 0 unspecified atom stereocenters. The fraction of sp³-hybridized carbons (Fsp3) is 0.174. The van der Waals surface area contributed by atoms with Gasteiger partial charge in [-0.05, 0) is 43.2 Å². The molecule has 8 nitrogen and oxygen atoms in total. The van der Waals surface area contributed by atoms with Gasteiger partial charge in [0.1, 0.15) is 23.3 Å². The molecule has 0 aliphatic heterocycles. The van der Waals surface area contributed by atoms with E-state index in [0.29, 0.717) is 23.2 Å². The van der Waals surface area contributed by atoms with Crippen molar-refractivity contribution in [3.05, 3.63) is 70.9 Å². The molecule has 0 saturated heterocycles. The van der Waals surface area contributed by atoms with E-state index in [-0.39, 0.29) is 22.2 Å². The number of sulfonamides is 1. The summed E-state index contributed by atoms with van der Waals surface area (Å²) in [6, 6.07) is 6.17. The highest BCUT2D eigenvalue weighted by atomic mass is 35.5. The fourth-order valence-corrected chi connectivity index (χ4v) is 5.22. The molecule has 1 fully saturated rings. The fourth-order valence-electron chi connectivity index (χ4n) is 3.71. The van der Waals surface area contributed by atoms with E-state index in [1.165, 1.54) is 6.20 Å². The molecule has 0 amide bonds. The number of hydrogen-bond acceptors (Lipinski definition) is 6. The van der Waals surface area contributed by atoms with Crippen molar-refractivity contribution >= 4 is 33.3 Å². The number of hydrogen-bond donors (Lipinski definition) is 3. The molecule has 0 spiro atoms. The van der Waals surface area contributed by atoms with Gasteiger partial charge in [0, 0.05) is 24.7 Å². The molecule has 36 heavy (non-hydrogen) atoms. The summed E-state index contributed by atoms with van der Waals surface area (Å²) in [5.74, 6) is -2.27. The summed E-state index contributed by atoms with van der Waals surface area (Å²) in [7, 11) is -3.14. The Labute approximate surface area is 209 Å². The topological polar surface area (TPSA) is 113 Å². The van der Waals surface area contributed by atoms with E-state index in [9.17, 15) is 21.6 Å². The van der Waals surface area contributed by atoms with Crippen LogP contribution >= 0.6 is 11.6 Å². The van der Waals surface area contributed by atoms with Crippen molar-refractivity contribution in [3.8, 4) is 22.6 Å². The molecule has 186 valence electrons. The lowest BCUT2D eigenvalue weighted by Gasteiger charge is -2.14. The summed E-state index contributed by atoms with van der Waals surface area (Å²) in [5, 5.41) is 2.62. The Balaban J connectivity index is 1.64. The zero-order valence-corrected chi connectivity index (χ0v) is 20.2. The van der Waals surface area contributed by atoms with Crippen LogP contribution in [-0.2, 0) is 10.0 Å². The monoisotopic (exact) mass is 534 g/mol. The third-order valence-corrected chi connectivity index (χ3v) is 7.37. The lowest BCUT2D eigenvalue weighted by atomic mass is 10.1. The number of H-pyrrole nitrogens is 1. The lowest BCUT2D eigenvalue weighted by Crippen LogP contribution is -2.17. The second-order valence-electron chi connectivity index (χ2n) is 8.11. The number of nitrogens with one attached hydrogen (secondary N) is 3. The van der Waals surface area contributed by atoms with E-state index in [2.05, 4.69) is 25.3 Å². The molecule has 0 bridgehead atoms. The van der Waals surface area contributed by atoms with Crippen LogP contribution < -0.4 is 10.0 Å². The van der Waals surface area contributed by atoms with Gasteiger partial charge in [-0.2, -0.15) is 0 Å². The maximum atomic E-state index is 14.7. The zero-order valence-electron chi connectivity index (χ0n) is 18.6. The van der Waals surface area contributed by atoms with Crippen molar-refractivity contribution in [3.63, 3.8) is 0 Å². The molecular weight excluding hydrogens is 517 g/mol. The average molecular weight is 535 g/mol. The van der Waals surface area contributed by atoms with Gasteiger partial charge >= 0.3 is 0 Å². The molecule has 13 heteroatoms. The highest BCUT2D eigenvalue weighted by Crippen LogP contribution is 2.44. The number of anilines is 2. The van der Waals surface area contributed by atoms with Crippen molar-refractivity contribution in [1.82, 2.24) is 19.9 Å². The quantitative estimate of drug-likeness (QED) is 0.296. The molecule has 3 N–H and O–H groups in total. The van der Waals surface area contributed by atoms with Crippen molar-refractivity contribution in [1.29, 1.82) is 0 Å². The van der Waals surface area contributed by atoms with Crippen LogP contribution in [0.5, 0.6) is 0 Å². The van der Waals surface area contributed by atoms with E-state index in [1.807, 2.05) is 4.72 Å². The molecule has 1 aliphatic rings. The lowest BCUT2D eigenvalue weighted by molar-refractivity contribution is 0.521. The number of benzene rings is 2. The summed E-state index contributed by atoms with van der Waals surface area (Å²) in [5.41, 5.74) is 0.762. The minimum absolute atomic E-state index is 0.0612. The number of halogens is 4. The van der Waals surface area contributed by atoms with Crippen LogP contribution in [0.4, 0.5) is 24.8 Å². The van der Waals surface area contributed by atoms with Crippen molar-refractivity contribution in [2.24, 2.45) is 0 Å². The first-order chi connectivity index (χ1) is 17.2. The van der Waals surface area contributed by atoms with Crippen LogP contribution in [0.15, 0.2) is 47.5 Å². The van der Waals surface area contributed by atoms with Crippen molar-refractivity contribution < 1.29 is 21.6 Å². The van der Waals surface area contributed by atoms with E-state index < -0.39 is 38.1 Å². The summed E-state index contributed by atoms with van der Waals surface area (Å²) in [6.45, 7) is 0. The van der Waals surface area contributed by atoms with E-state index in [1.54, 1.807) is 13.1 Å². The predicted octanol–water partition coefficient (Wildman–Crippen LogP) is 5.32. The average Bonchev–Trinajstić information content (AvgIpc) is 3.59. The van der Waals surface area contributed by atoms with Crippen LogP contribution in [0.2, 0.25) is 5.02 Å². The van der Waals surface area contributed by atoms with Gasteiger partial charge in [-0.25, -0.2) is 36.5 Å². The van der Waals surface area contributed by atoms with E-state index >= 15 is 0 Å². The van der Waals surface area contributed by atoms with Crippen LogP contribution in [0.25, 0.3) is 22.6 Å². The smallest absolute Gasteiger partial charge is 0.267 e. The van der Waals surface area contributed by atoms with Crippen LogP contribution in [0.3, 0.4) is 0 Å². The maximum absolute atomic E-state index is 14.7. The molecular formula is C23H18ClF3N6O2S. The number of rotatable bonds is 7. The van der Waals surface area contributed by atoms with Crippen molar-refractivity contribution in [2.45, 2.75) is 23.7 Å². The minimum atomic E-state index is -4.79. The SMILES string of the molecule is CNc1nccc(-c2[nH]c(C3CC3)nc2-c2cc(F)cc(NS(=O)(=O)c3c(F)cccc3F)c2Cl)n1. The van der Waals surface area contributed by atoms with Gasteiger partial charge in [-0.3, -0.25) is 4.72 Å². The Morgan fingerprint density at radius 2 is 1.81 bits per heavy atom. The largest absolute Gasteiger partial charge is 0.357 e. The van der Waals surface area contributed by atoms with Gasteiger partial charge in [0.05, 0.1) is 27.8 Å². The Bertz CT molecular complexity index is 1570. The van der Waals surface area contributed by atoms with Crippen LogP contribution in [0.1, 0.15) is 24.6 Å². The van der Waals surface area contributed by atoms with Gasteiger partial charge < -0.3 is 10.3 Å². The molecule has 1 saturated carbocycles. The Morgan fingerprint density at radius 3 is 2.47 bits per heavy atom. The van der Waals surface area contributed by atoms with Crippen molar-refractivity contribution in [2.75, 3.05) is 17.1 Å². The predicted molar refractivity (Wildman–Crippen MR) is 129 cm³/mol. The summed E-state index contributed by atoms with van der Waals surface area (Å²) < 4.78 is 70.7. The minimum Gasteiger partial charge on any atom is -0.357 e. The molecule has 0 radical (unpaired) electrons. The second-order valence-corrected chi connectivity index (χ2v) is 10.1. The molecule has 2 heterocycles. The Hall–Kier alpha value is -3.64. The summed E-state index contributed by atoms with van der Waals surface area (Å²) >= 11 is 6.53. The van der Waals surface area contributed by atoms with Gasteiger partial charge in [0.2, 0.25) is 5.95 Å². The van der Waals surface area contributed by atoms with Gasteiger partial charge in [0.25, 0.3) is 10.0 Å². The summed E-state index contributed by atoms with van der Waals surface area (Å²) in [4.78, 5) is 15.1. The van der Waals surface area contributed by atoms with Gasteiger partial charge in [-0.1, -0.05) is 17.7 Å². The number of aromatic amines is 1. The zero-order chi connectivity index (χ0) is 25.6. The highest BCUT2D eigenvalue weighted by Gasteiger charge is 2.31. The second kappa shape index (κ2) is 9.10.